The molecule has 10 heteroatoms. The number of carbonyl (C=O) groups excluding carboxylic acids is 2. The van der Waals surface area contributed by atoms with Gasteiger partial charge in [0.05, 0.1) is 34.2 Å². The monoisotopic (exact) mass is 1020 g/mol. The second kappa shape index (κ2) is 52.6. The third kappa shape index (κ3) is 56.9. The van der Waals surface area contributed by atoms with Crippen molar-refractivity contribution in [2.45, 2.75) is 270 Å². The molecule has 0 aliphatic heterocycles. The van der Waals surface area contributed by atoms with Gasteiger partial charge in [0.15, 0.2) is 6.10 Å². The number of allylic oxidation sites excluding steroid dienone is 9. The molecule has 0 heterocycles. The van der Waals surface area contributed by atoms with Crippen molar-refractivity contribution < 1.29 is 42.1 Å². The van der Waals surface area contributed by atoms with Crippen LogP contribution in [0.1, 0.15) is 264 Å². The highest BCUT2D eigenvalue weighted by Crippen LogP contribution is 2.43. The lowest BCUT2D eigenvalue weighted by Crippen LogP contribution is -2.37. The van der Waals surface area contributed by atoms with Crippen LogP contribution in [-0.2, 0) is 32.7 Å². The van der Waals surface area contributed by atoms with Crippen molar-refractivity contribution in [2.24, 2.45) is 0 Å². The van der Waals surface area contributed by atoms with Crippen molar-refractivity contribution in [2.75, 3.05) is 47.5 Å². The summed E-state index contributed by atoms with van der Waals surface area (Å²) in [6.07, 6.45) is 67.9. The number of quaternary nitrogens is 1. The molecule has 0 saturated carbocycles. The minimum absolute atomic E-state index is 0.00839. The van der Waals surface area contributed by atoms with Crippen molar-refractivity contribution in [1.29, 1.82) is 0 Å². The summed E-state index contributed by atoms with van der Waals surface area (Å²) >= 11 is 0. The van der Waals surface area contributed by atoms with Gasteiger partial charge in [-0.1, -0.05) is 274 Å². The molecule has 71 heavy (non-hydrogen) atoms. The number of nitrogens with zero attached hydrogens (tertiary/aromatic N) is 1. The predicted octanol–water partition coefficient (Wildman–Crippen LogP) is 18.3. The Morgan fingerprint density at radius 3 is 1.14 bits per heavy atom. The van der Waals surface area contributed by atoms with Crippen LogP contribution in [0.5, 0.6) is 0 Å². The number of likely N-dealkylation sites (N-methyl/N-ethyl adjacent to an activating group) is 1. The van der Waals surface area contributed by atoms with Crippen LogP contribution in [0.4, 0.5) is 0 Å². The Hall–Kier alpha value is -2.29. The standard InChI is InChI=1S/C61H112NO8P/c1-6-8-10-12-14-16-18-20-22-23-24-25-26-27-28-29-30-31-32-33-34-35-36-37-38-40-41-43-45-47-49-51-53-60(63)67-57-59(58-69-71(65,66)68-56-55-62(3,4)5)70-61(64)54-52-50-48-46-44-42-39-21-19-17-15-13-11-9-7-2/h9,11,15,17,21,39,44,46,50,52,59H,6-8,10,12-14,16,18-20,22-38,40-43,45,47-49,51,53-58H2,1-5H3/p+1/b11-9-,17-15-,39-21-,46-44-,52-50-. The molecule has 9 nitrogen and oxygen atoms in total. The molecule has 0 spiro atoms. The molecule has 0 saturated heterocycles. The minimum atomic E-state index is -4.41. The number of rotatable bonds is 54. The molecule has 0 aromatic carbocycles. The minimum Gasteiger partial charge on any atom is -0.462 e. The van der Waals surface area contributed by atoms with Crippen LogP contribution in [0.15, 0.2) is 60.8 Å². The summed E-state index contributed by atoms with van der Waals surface area (Å²) in [5, 5.41) is 0. The first-order valence-electron chi connectivity index (χ1n) is 29.5. The van der Waals surface area contributed by atoms with Crippen molar-refractivity contribution in [1.82, 2.24) is 0 Å². The zero-order valence-electron chi connectivity index (χ0n) is 47.0. The first-order valence-corrected chi connectivity index (χ1v) is 31.0. The van der Waals surface area contributed by atoms with E-state index in [0.29, 0.717) is 17.4 Å². The van der Waals surface area contributed by atoms with Crippen LogP contribution in [0.3, 0.4) is 0 Å². The maximum Gasteiger partial charge on any atom is 0.472 e. The summed E-state index contributed by atoms with van der Waals surface area (Å²) in [6, 6.07) is 0. The summed E-state index contributed by atoms with van der Waals surface area (Å²) in [5.41, 5.74) is 0. The topological polar surface area (TPSA) is 108 Å². The molecule has 0 bridgehead atoms. The number of phosphoric ester groups is 1. The SMILES string of the molecule is CC/C=C\C/C=C\C/C=C\C/C=C\C/C=C\CC(=O)OC(COC(=O)CCCCCCCCCCCCCCCCCCCCCCCCCCCCCCCCCC)COP(=O)(O)OCC[N+](C)(C)C. The molecule has 0 fully saturated rings. The Bertz CT molecular complexity index is 1380. The largest absolute Gasteiger partial charge is 0.472 e. The summed E-state index contributed by atoms with van der Waals surface area (Å²) in [5.74, 6) is -0.938. The smallest absolute Gasteiger partial charge is 0.462 e. The quantitative estimate of drug-likeness (QED) is 0.0211. The Kier molecular flexibility index (Phi) is 50.9. The van der Waals surface area contributed by atoms with Gasteiger partial charge in [-0.25, -0.2) is 4.57 Å². The lowest BCUT2D eigenvalue weighted by atomic mass is 10.0. The molecule has 2 atom stereocenters. The Labute approximate surface area is 438 Å². The number of carbonyl (C=O) groups is 2. The Balaban J connectivity index is 4.04. The second-order valence-electron chi connectivity index (χ2n) is 21.0. The number of unbranched alkanes of at least 4 members (excludes halogenated alkanes) is 31. The summed E-state index contributed by atoms with van der Waals surface area (Å²) < 4.78 is 34.3. The molecular weight excluding hydrogens is 906 g/mol. The average Bonchev–Trinajstić information content (AvgIpc) is 3.33. The van der Waals surface area contributed by atoms with E-state index in [4.69, 9.17) is 18.5 Å². The van der Waals surface area contributed by atoms with Gasteiger partial charge in [0.2, 0.25) is 0 Å². The zero-order chi connectivity index (χ0) is 52.0. The molecule has 0 aliphatic rings. The molecule has 0 rings (SSSR count). The average molecular weight is 1020 g/mol. The lowest BCUT2D eigenvalue weighted by Gasteiger charge is -2.24. The van der Waals surface area contributed by atoms with E-state index < -0.39 is 26.5 Å². The fourth-order valence-corrected chi connectivity index (χ4v) is 9.07. The maximum absolute atomic E-state index is 12.7. The molecular formula is C61H113NO8P+. The number of esters is 2. The van der Waals surface area contributed by atoms with Gasteiger partial charge in [0, 0.05) is 6.42 Å². The Morgan fingerprint density at radius 1 is 0.451 bits per heavy atom. The predicted molar refractivity (Wildman–Crippen MR) is 303 cm³/mol. The van der Waals surface area contributed by atoms with Crippen LogP contribution in [-0.4, -0.2) is 74.9 Å². The van der Waals surface area contributed by atoms with E-state index in [1.54, 1.807) is 6.08 Å². The van der Waals surface area contributed by atoms with Gasteiger partial charge in [-0.15, -0.1) is 0 Å². The summed E-state index contributed by atoms with van der Waals surface area (Å²) in [6.45, 7) is 4.23. The van der Waals surface area contributed by atoms with Crippen LogP contribution in [0.25, 0.3) is 0 Å². The van der Waals surface area contributed by atoms with Crippen molar-refractivity contribution >= 4 is 19.8 Å². The maximum atomic E-state index is 12.7. The molecule has 2 unspecified atom stereocenters. The molecule has 0 aromatic heterocycles. The van der Waals surface area contributed by atoms with E-state index in [1.807, 2.05) is 33.3 Å². The molecule has 0 aliphatic carbocycles. The number of ether oxygens (including phenoxy) is 2. The lowest BCUT2D eigenvalue weighted by molar-refractivity contribution is -0.870. The van der Waals surface area contributed by atoms with Gasteiger partial charge in [-0.2, -0.15) is 0 Å². The first-order chi connectivity index (χ1) is 34.5. The van der Waals surface area contributed by atoms with E-state index in [1.165, 1.54) is 186 Å². The van der Waals surface area contributed by atoms with E-state index in [2.05, 4.69) is 56.4 Å². The molecule has 414 valence electrons. The second-order valence-corrected chi connectivity index (χ2v) is 22.5. The molecule has 0 aromatic rings. The highest BCUT2D eigenvalue weighted by molar-refractivity contribution is 7.47. The number of phosphoric acid groups is 1. The fraction of sp³-hybridized carbons (Fsp3) is 0.803. The molecule has 0 radical (unpaired) electrons. The third-order valence-electron chi connectivity index (χ3n) is 12.8. The van der Waals surface area contributed by atoms with Gasteiger partial charge in [-0.3, -0.25) is 18.6 Å². The summed E-state index contributed by atoms with van der Waals surface area (Å²) in [4.78, 5) is 35.5. The van der Waals surface area contributed by atoms with Crippen LogP contribution in [0.2, 0.25) is 0 Å². The Morgan fingerprint density at radius 2 is 0.789 bits per heavy atom. The fourth-order valence-electron chi connectivity index (χ4n) is 8.33. The van der Waals surface area contributed by atoms with Gasteiger partial charge in [-0.05, 0) is 38.5 Å². The highest BCUT2D eigenvalue weighted by Gasteiger charge is 2.27. The molecule has 1 N–H and O–H groups in total. The van der Waals surface area contributed by atoms with Crippen LogP contribution in [0, 0.1) is 0 Å². The normalized spacial score (nSPS) is 13.7. The van der Waals surface area contributed by atoms with Crippen LogP contribution < -0.4 is 0 Å². The zero-order valence-corrected chi connectivity index (χ0v) is 47.9. The first kappa shape index (κ1) is 68.7. The van der Waals surface area contributed by atoms with Crippen LogP contribution >= 0.6 is 7.82 Å². The van der Waals surface area contributed by atoms with Gasteiger partial charge in [0.1, 0.15) is 19.8 Å². The van der Waals surface area contributed by atoms with Crippen molar-refractivity contribution in [3.8, 4) is 0 Å². The van der Waals surface area contributed by atoms with Gasteiger partial charge >= 0.3 is 19.8 Å². The molecule has 0 amide bonds. The number of hydrogen-bond acceptors (Lipinski definition) is 7. The van der Waals surface area contributed by atoms with E-state index in [9.17, 15) is 19.0 Å². The van der Waals surface area contributed by atoms with Gasteiger partial charge < -0.3 is 18.9 Å². The number of hydrogen-bond donors (Lipinski definition) is 1. The van der Waals surface area contributed by atoms with E-state index in [0.717, 1.165) is 44.9 Å². The van der Waals surface area contributed by atoms with E-state index >= 15 is 0 Å². The highest BCUT2D eigenvalue weighted by atomic mass is 31.2. The third-order valence-corrected chi connectivity index (χ3v) is 13.8. The van der Waals surface area contributed by atoms with Gasteiger partial charge in [0.25, 0.3) is 0 Å². The van der Waals surface area contributed by atoms with Crippen molar-refractivity contribution in [3.05, 3.63) is 60.8 Å². The van der Waals surface area contributed by atoms with Crippen molar-refractivity contribution in [3.63, 3.8) is 0 Å². The summed E-state index contributed by atoms with van der Waals surface area (Å²) in [7, 11) is 1.42. The van der Waals surface area contributed by atoms with E-state index in [-0.39, 0.29) is 32.0 Å².